The molecule has 0 aromatic heterocycles. The molecular weight excluding hydrogens is 304 g/mol. The topological polar surface area (TPSA) is 60.4 Å². The number of amides is 1. The number of carbonyl (C=O) groups excluding carboxylic acids is 2. The third-order valence-corrected chi connectivity index (χ3v) is 3.91. The molecule has 0 saturated carbocycles. The molecule has 0 spiro atoms. The van der Waals surface area contributed by atoms with E-state index in [9.17, 15) is 23.5 Å². The van der Waals surface area contributed by atoms with Gasteiger partial charge >= 0.3 is 0 Å². The van der Waals surface area contributed by atoms with E-state index in [-0.39, 0.29) is 18.0 Å². The summed E-state index contributed by atoms with van der Waals surface area (Å²) in [6, 6.07) is 8.67. The number of hydrogen-bond donors (Lipinski definition) is 0. The van der Waals surface area contributed by atoms with Crippen LogP contribution in [0.15, 0.2) is 42.5 Å². The van der Waals surface area contributed by atoms with E-state index in [0.29, 0.717) is 11.6 Å². The van der Waals surface area contributed by atoms with Crippen molar-refractivity contribution in [2.75, 3.05) is 0 Å². The van der Waals surface area contributed by atoms with Gasteiger partial charge in [-0.05, 0) is 17.7 Å². The lowest BCUT2D eigenvalue weighted by atomic mass is 10.0. The highest BCUT2D eigenvalue weighted by Gasteiger charge is 2.34. The second-order valence-electron chi connectivity index (χ2n) is 5.35. The van der Waals surface area contributed by atoms with Gasteiger partial charge in [0.15, 0.2) is 0 Å². The Balaban J connectivity index is 2.01. The molecule has 1 atom stereocenters. The van der Waals surface area contributed by atoms with E-state index in [4.69, 9.17) is 0 Å². The molecule has 2 aromatic carbocycles. The SMILES string of the molecule is O=C([O-])C[C@H](c1ccc(F)cc1F)N1Cc2ccccc2C1=O. The average molecular weight is 316 g/mol. The van der Waals surface area contributed by atoms with Gasteiger partial charge in [-0.3, -0.25) is 4.79 Å². The van der Waals surface area contributed by atoms with Crippen LogP contribution in [0, 0.1) is 11.6 Å². The summed E-state index contributed by atoms with van der Waals surface area (Å²) in [6.45, 7) is 0.170. The van der Waals surface area contributed by atoms with Crippen LogP contribution in [-0.2, 0) is 11.3 Å². The molecule has 4 nitrogen and oxygen atoms in total. The van der Waals surface area contributed by atoms with Crippen molar-refractivity contribution in [3.8, 4) is 0 Å². The first-order chi connectivity index (χ1) is 11.0. The fourth-order valence-electron chi connectivity index (χ4n) is 2.85. The van der Waals surface area contributed by atoms with Gasteiger partial charge in [-0.15, -0.1) is 0 Å². The van der Waals surface area contributed by atoms with Crippen molar-refractivity contribution in [2.24, 2.45) is 0 Å². The van der Waals surface area contributed by atoms with Crippen LogP contribution >= 0.6 is 0 Å². The molecule has 118 valence electrons. The summed E-state index contributed by atoms with van der Waals surface area (Å²) < 4.78 is 27.2. The van der Waals surface area contributed by atoms with Crippen molar-refractivity contribution in [1.82, 2.24) is 4.90 Å². The van der Waals surface area contributed by atoms with Gasteiger partial charge in [0.1, 0.15) is 11.6 Å². The lowest BCUT2D eigenvalue weighted by Crippen LogP contribution is -2.35. The number of carboxylic acid groups (broad SMARTS) is 1. The van der Waals surface area contributed by atoms with E-state index < -0.39 is 30.1 Å². The number of aliphatic carboxylic acids is 1. The largest absolute Gasteiger partial charge is 0.550 e. The van der Waals surface area contributed by atoms with E-state index in [1.807, 2.05) is 0 Å². The quantitative estimate of drug-likeness (QED) is 0.864. The van der Waals surface area contributed by atoms with Crippen LogP contribution in [0.25, 0.3) is 0 Å². The molecule has 0 bridgehead atoms. The first-order valence-corrected chi connectivity index (χ1v) is 7.01. The third-order valence-electron chi connectivity index (χ3n) is 3.91. The molecule has 0 radical (unpaired) electrons. The Labute approximate surface area is 131 Å². The van der Waals surface area contributed by atoms with Crippen molar-refractivity contribution in [2.45, 2.75) is 19.0 Å². The second-order valence-corrected chi connectivity index (χ2v) is 5.35. The molecule has 0 fully saturated rings. The smallest absolute Gasteiger partial charge is 0.255 e. The van der Waals surface area contributed by atoms with Gasteiger partial charge < -0.3 is 14.8 Å². The lowest BCUT2D eigenvalue weighted by Gasteiger charge is -2.29. The molecule has 0 saturated heterocycles. The summed E-state index contributed by atoms with van der Waals surface area (Å²) in [4.78, 5) is 24.8. The molecule has 0 unspecified atom stereocenters. The summed E-state index contributed by atoms with van der Waals surface area (Å²) in [7, 11) is 0. The second kappa shape index (κ2) is 5.79. The monoisotopic (exact) mass is 316 g/mol. The normalized spacial score (nSPS) is 14.7. The first kappa shape index (κ1) is 15.1. The Hall–Kier alpha value is -2.76. The molecular formula is C17H12F2NO3-. The minimum absolute atomic E-state index is 0.0447. The van der Waals surface area contributed by atoms with Crippen molar-refractivity contribution >= 4 is 11.9 Å². The lowest BCUT2D eigenvalue weighted by molar-refractivity contribution is -0.306. The number of carboxylic acids is 1. The Morgan fingerprint density at radius 3 is 2.61 bits per heavy atom. The predicted molar refractivity (Wildman–Crippen MR) is 75.0 cm³/mol. The van der Waals surface area contributed by atoms with Crippen molar-refractivity contribution in [3.63, 3.8) is 0 Å². The minimum atomic E-state index is -1.41. The highest BCUT2D eigenvalue weighted by Crippen LogP contribution is 2.34. The van der Waals surface area contributed by atoms with E-state index in [2.05, 4.69) is 0 Å². The highest BCUT2D eigenvalue weighted by atomic mass is 19.1. The fourth-order valence-corrected chi connectivity index (χ4v) is 2.85. The van der Waals surface area contributed by atoms with Crippen LogP contribution in [0.5, 0.6) is 0 Å². The molecule has 1 amide bonds. The van der Waals surface area contributed by atoms with Crippen LogP contribution in [0.3, 0.4) is 0 Å². The summed E-state index contributed by atoms with van der Waals surface area (Å²) in [5.41, 5.74) is 1.15. The molecule has 1 heterocycles. The summed E-state index contributed by atoms with van der Waals surface area (Å²) >= 11 is 0. The summed E-state index contributed by atoms with van der Waals surface area (Å²) in [5.74, 6) is -3.45. The molecule has 6 heteroatoms. The minimum Gasteiger partial charge on any atom is -0.550 e. The zero-order valence-corrected chi connectivity index (χ0v) is 12.0. The van der Waals surface area contributed by atoms with E-state index in [1.54, 1.807) is 24.3 Å². The maximum atomic E-state index is 14.1. The maximum Gasteiger partial charge on any atom is 0.255 e. The number of benzene rings is 2. The maximum absolute atomic E-state index is 14.1. The third kappa shape index (κ3) is 2.79. The predicted octanol–water partition coefficient (Wildman–Crippen LogP) is 1.80. The highest BCUT2D eigenvalue weighted by molar-refractivity contribution is 5.98. The van der Waals surface area contributed by atoms with E-state index in [1.165, 1.54) is 4.90 Å². The molecule has 3 rings (SSSR count). The number of rotatable bonds is 4. The Bertz CT molecular complexity index is 791. The molecule has 1 aliphatic heterocycles. The van der Waals surface area contributed by atoms with Gasteiger partial charge in [-0.1, -0.05) is 24.3 Å². The van der Waals surface area contributed by atoms with Gasteiger partial charge in [0.2, 0.25) is 0 Å². The van der Waals surface area contributed by atoms with Crippen LogP contribution in [0.2, 0.25) is 0 Å². The molecule has 1 aliphatic rings. The number of halogens is 2. The Morgan fingerprint density at radius 1 is 1.22 bits per heavy atom. The first-order valence-electron chi connectivity index (χ1n) is 7.01. The van der Waals surface area contributed by atoms with Crippen LogP contribution < -0.4 is 5.11 Å². The summed E-state index contributed by atoms with van der Waals surface area (Å²) in [6.07, 6.45) is -0.567. The fraction of sp³-hybridized carbons (Fsp3) is 0.176. The Morgan fingerprint density at radius 2 is 1.96 bits per heavy atom. The van der Waals surface area contributed by atoms with E-state index in [0.717, 1.165) is 17.7 Å². The van der Waals surface area contributed by atoms with Gasteiger partial charge in [-0.25, -0.2) is 8.78 Å². The van der Waals surface area contributed by atoms with Gasteiger partial charge in [0.25, 0.3) is 5.91 Å². The number of carbonyl (C=O) groups is 2. The molecule has 0 N–H and O–H groups in total. The summed E-state index contributed by atoms with van der Waals surface area (Å²) in [5, 5.41) is 11.1. The van der Waals surface area contributed by atoms with Crippen molar-refractivity contribution in [1.29, 1.82) is 0 Å². The molecule has 2 aromatic rings. The molecule has 0 aliphatic carbocycles. The Kier molecular flexibility index (Phi) is 3.82. The van der Waals surface area contributed by atoms with Crippen molar-refractivity contribution < 1.29 is 23.5 Å². The van der Waals surface area contributed by atoms with Crippen LogP contribution in [0.4, 0.5) is 8.78 Å². The number of nitrogens with zero attached hydrogens (tertiary/aromatic N) is 1. The average Bonchev–Trinajstić information content (AvgIpc) is 2.83. The standard InChI is InChI=1S/C17H13F2NO3/c18-11-5-6-13(14(19)7-11)15(8-16(21)22)20-9-10-3-1-2-4-12(10)17(20)23/h1-7,15H,8-9H2,(H,21,22)/p-1/t15-/m1/s1. The van der Waals surface area contributed by atoms with E-state index >= 15 is 0 Å². The zero-order valence-electron chi connectivity index (χ0n) is 12.0. The zero-order chi connectivity index (χ0) is 16.6. The molecule has 23 heavy (non-hydrogen) atoms. The van der Waals surface area contributed by atoms with Crippen molar-refractivity contribution in [3.05, 3.63) is 70.8 Å². The van der Waals surface area contributed by atoms with Gasteiger partial charge in [0, 0.05) is 36.1 Å². The van der Waals surface area contributed by atoms with Gasteiger partial charge in [0.05, 0.1) is 6.04 Å². The van der Waals surface area contributed by atoms with Crippen LogP contribution in [-0.4, -0.2) is 16.8 Å². The number of hydrogen-bond acceptors (Lipinski definition) is 3. The van der Waals surface area contributed by atoms with Gasteiger partial charge in [-0.2, -0.15) is 0 Å². The number of fused-ring (bicyclic) bond motifs is 1. The van der Waals surface area contributed by atoms with Crippen LogP contribution in [0.1, 0.15) is 33.9 Å².